The summed E-state index contributed by atoms with van der Waals surface area (Å²) in [7, 11) is -2.28. The van der Waals surface area contributed by atoms with Crippen LogP contribution in [0.25, 0.3) is 0 Å². The van der Waals surface area contributed by atoms with E-state index in [2.05, 4.69) is 5.32 Å². The summed E-state index contributed by atoms with van der Waals surface area (Å²) >= 11 is 0. The minimum atomic E-state index is -3.73. The number of ether oxygens (including phenoxy) is 2. The van der Waals surface area contributed by atoms with Crippen LogP contribution in [0.3, 0.4) is 0 Å². The number of nitrogens with one attached hydrogen (secondary N) is 1. The SMILES string of the molecule is CCCCC(O)c1ccc(NC(=O)CO)c2c1C(=O)N([C@H](CS(C)(=O)=O)c1ccc(OC)c(OCC)c1)C2=O. The first-order chi connectivity index (χ1) is 18.5. The maximum absolute atomic E-state index is 13.9. The first kappa shape index (κ1) is 30.1. The molecule has 0 spiro atoms. The summed E-state index contributed by atoms with van der Waals surface area (Å²) in [6.45, 7) is 3.14. The van der Waals surface area contributed by atoms with E-state index in [4.69, 9.17) is 9.47 Å². The number of aliphatic hydroxyl groups is 2. The molecule has 2 aromatic carbocycles. The molecule has 2 atom stereocenters. The summed E-state index contributed by atoms with van der Waals surface area (Å²) in [5.41, 5.74) is 0.194. The van der Waals surface area contributed by atoms with Crippen LogP contribution in [0.1, 0.15) is 77.1 Å². The van der Waals surface area contributed by atoms with E-state index in [1.165, 1.54) is 25.3 Å². The number of amides is 3. The maximum Gasteiger partial charge on any atom is 0.264 e. The second kappa shape index (κ2) is 12.6. The predicted molar refractivity (Wildman–Crippen MR) is 144 cm³/mol. The second-order valence-electron chi connectivity index (χ2n) is 9.25. The number of sulfone groups is 1. The van der Waals surface area contributed by atoms with Crippen molar-refractivity contribution in [3.8, 4) is 11.5 Å². The molecule has 11 nitrogen and oxygen atoms in total. The minimum Gasteiger partial charge on any atom is -0.493 e. The third kappa shape index (κ3) is 6.57. The number of carbonyl (C=O) groups is 3. The Kier molecular flexibility index (Phi) is 9.70. The molecule has 1 unspecified atom stereocenters. The zero-order valence-corrected chi connectivity index (χ0v) is 23.2. The molecule has 39 heavy (non-hydrogen) atoms. The number of aliphatic hydroxyl groups excluding tert-OH is 2. The fourth-order valence-corrected chi connectivity index (χ4v) is 5.50. The first-order valence-electron chi connectivity index (χ1n) is 12.6. The van der Waals surface area contributed by atoms with E-state index < -0.39 is 52.1 Å². The summed E-state index contributed by atoms with van der Waals surface area (Å²) < 4.78 is 35.9. The molecular weight excluding hydrogens is 528 g/mol. The van der Waals surface area contributed by atoms with E-state index in [0.29, 0.717) is 29.9 Å². The van der Waals surface area contributed by atoms with Gasteiger partial charge in [-0.3, -0.25) is 19.3 Å². The Morgan fingerprint density at radius 1 is 1.08 bits per heavy atom. The molecule has 0 radical (unpaired) electrons. The van der Waals surface area contributed by atoms with Crippen molar-refractivity contribution in [3.05, 3.63) is 52.6 Å². The van der Waals surface area contributed by atoms with Crippen molar-refractivity contribution in [3.63, 3.8) is 0 Å². The van der Waals surface area contributed by atoms with Gasteiger partial charge in [0.1, 0.15) is 16.4 Å². The van der Waals surface area contributed by atoms with Crippen molar-refractivity contribution in [2.24, 2.45) is 0 Å². The monoisotopic (exact) mass is 562 g/mol. The van der Waals surface area contributed by atoms with Crippen molar-refractivity contribution >= 4 is 33.2 Å². The highest BCUT2D eigenvalue weighted by Crippen LogP contribution is 2.41. The highest BCUT2D eigenvalue weighted by molar-refractivity contribution is 7.90. The third-order valence-electron chi connectivity index (χ3n) is 6.36. The Morgan fingerprint density at radius 3 is 2.36 bits per heavy atom. The average Bonchev–Trinajstić information content (AvgIpc) is 3.16. The normalized spacial score (nSPS) is 14.7. The third-order valence-corrected chi connectivity index (χ3v) is 7.28. The van der Waals surface area contributed by atoms with Gasteiger partial charge in [-0.05, 0) is 42.7 Å². The fourth-order valence-electron chi connectivity index (χ4n) is 4.59. The predicted octanol–water partition coefficient (Wildman–Crippen LogP) is 2.63. The Bertz CT molecular complexity index is 1360. The molecule has 1 heterocycles. The van der Waals surface area contributed by atoms with Crippen LogP contribution in [0.2, 0.25) is 0 Å². The number of methoxy groups -OCH3 is 1. The fraction of sp³-hybridized carbons (Fsp3) is 0.444. The molecule has 212 valence electrons. The van der Waals surface area contributed by atoms with Gasteiger partial charge in [0.15, 0.2) is 11.5 Å². The van der Waals surface area contributed by atoms with E-state index in [9.17, 15) is 33.0 Å². The van der Waals surface area contributed by atoms with Gasteiger partial charge in [0.05, 0.1) is 48.4 Å². The van der Waals surface area contributed by atoms with Crippen LogP contribution in [0.15, 0.2) is 30.3 Å². The van der Waals surface area contributed by atoms with Crippen molar-refractivity contribution in [2.45, 2.75) is 45.3 Å². The van der Waals surface area contributed by atoms with Crippen LogP contribution in [0.5, 0.6) is 11.5 Å². The number of nitrogens with zero attached hydrogens (tertiary/aromatic N) is 1. The number of rotatable bonds is 13. The van der Waals surface area contributed by atoms with E-state index in [0.717, 1.165) is 17.6 Å². The molecule has 0 bridgehead atoms. The van der Waals surface area contributed by atoms with Crippen molar-refractivity contribution in [1.82, 2.24) is 4.90 Å². The van der Waals surface area contributed by atoms with Gasteiger partial charge >= 0.3 is 0 Å². The zero-order chi connectivity index (χ0) is 28.9. The molecule has 0 aliphatic carbocycles. The Morgan fingerprint density at radius 2 is 1.77 bits per heavy atom. The van der Waals surface area contributed by atoms with Gasteiger partial charge < -0.3 is 25.0 Å². The smallest absolute Gasteiger partial charge is 0.264 e. The van der Waals surface area contributed by atoms with E-state index in [1.54, 1.807) is 19.1 Å². The number of benzene rings is 2. The molecular formula is C27H34N2O9S. The highest BCUT2D eigenvalue weighted by atomic mass is 32.2. The molecule has 1 aliphatic heterocycles. The molecule has 2 aromatic rings. The number of fused-ring (bicyclic) bond motifs is 1. The molecule has 0 fully saturated rings. The number of anilines is 1. The quantitative estimate of drug-likeness (QED) is 0.312. The Balaban J connectivity index is 2.21. The van der Waals surface area contributed by atoms with Gasteiger partial charge in [-0.1, -0.05) is 31.9 Å². The second-order valence-corrected chi connectivity index (χ2v) is 11.4. The molecule has 12 heteroatoms. The summed E-state index contributed by atoms with van der Waals surface area (Å²) in [6, 6.07) is 6.21. The zero-order valence-electron chi connectivity index (χ0n) is 22.4. The van der Waals surface area contributed by atoms with Gasteiger partial charge in [-0.2, -0.15) is 0 Å². The van der Waals surface area contributed by atoms with Crippen molar-refractivity contribution in [1.29, 1.82) is 0 Å². The van der Waals surface area contributed by atoms with Crippen molar-refractivity contribution in [2.75, 3.05) is 37.6 Å². The molecule has 0 aromatic heterocycles. The lowest BCUT2D eigenvalue weighted by molar-refractivity contribution is -0.118. The largest absolute Gasteiger partial charge is 0.493 e. The molecule has 3 rings (SSSR count). The number of hydrogen-bond donors (Lipinski definition) is 3. The van der Waals surface area contributed by atoms with Crippen LogP contribution in [-0.2, 0) is 14.6 Å². The average molecular weight is 563 g/mol. The van der Waals surface area contributed by atoms with Crippen LogP contribution < -0.4 is 14.8 Å². The summed E-state index contributed by atoms with van der Waals surface area (Å²) in [5.74, 6) is -2.34. The molecule has 3 N–H and O–H groups in total. The molecule has 3 amide bonds. The van der Waals surface area contributed by atoms with Gasteiger partial charge in [0.2, 0.25) is 5.91 Å². The van der Waals surface area contributed by atoms with Gasteiger partial charge in [-0.25, -0.2) is 8.42 Å². The van der Waals surface area contributed by atoms with Gasteiger partial charge in [0.25, 0.3) is 11.8 Å². The number of imide groups is 1. The maximum atomic E-state index is 13.9. The lowest BCUT2D eigenvalue weighted by atomic mass is 9.94. The summed E-state index contributed by atoms with van der Waals surface area (Å²) in [4.78, 5) is 40.6. The van der Waals surface area contributed by atoms with Crippen LogP contribution in [-0.4, -0.2) is 73.6 Å². The standard InChI is InChI=1S/C27H34N2O9S/c1-5-7-8-20(31)17-10-11-18(28-23(32)14-30)25-24(17)26(33)29(27(25)34)19(15-39(4,35)36)16-9-12-21(37-3)22(13-16)38-6-2/h9-13,19-20,30-31H,5-8,14-15H2,1-4H3,(H,28,32)/t19-,20?/m1/s1. The van der Waals surface area contributed by atoms with Crippen LogP contribution >= 0.6 is 0 Å². The number of hydrogen-bond acceptors (Lipinski definition) is 9. The topological polar surface area (TPSA) is 160 Å². The number of carbonyl (C=O) groups excluding carboxylic acids is 3. The Hall–Kier alpha value is -3.48. The van der Waals surface area contributed by atoms with Gasteiger partial charge in [-0.15, -0.1) is 0 Å². The molecule has 1 aliphatic rings. The molecule has 0 saturated carbocycles. The van der Waals surface area contributed by atoms with Gasteiger partial charge in [0, 0.05) is 6.26 Å². The lowest BCUT2D eigenvalue weighted by Gasteiger charge is -2.27. The van der Waals surface area contributed by atoms with Crippen LogP contribution in [0.4, 0.5) is 5.69 Å². The Labute approximate surface area is 227 Å². The van der Waals surface area contributed by atoms with E-state index in [1.807, 2.05) is 6.92 Å². The highest BCUT2D eigenvalue weighted by Gasteiger charge is 2.45. The summed E-state index contributed by atoms with van der Waals surface area (Å²) in [5, 5.41) is 22.5. The lowest BCUT2D eigenvalue weighted by Crippen LogP contribution is -2.38. The number of unbranched alkanes of at least 4 members (excludes halogenated alkanes) is 1. The van der Waals surface area contributed by atoms with E-state index >= 15 is 0 Å². The molecule has 0 saturated heterocycles. The first-order valence-corrected chi connectivity index (χ1v) is 14.6. The van der Waals surface area contributed by atoms with Crippen molar-refractivity contribution < 1.29 is 42.5 Å². The summed E-state index contributed by atoms with van der Waals surface area (Å²) in [6.07, 6.45) is 1.71. The van der Waals surface area contributed by atoms with E-state index in [-0.39, 0.29) is 29.0 Å². The van der Waals surface area contributed by atoms with Crippen LogP contribution in [0, 0.1) is 0 Å². The minimum absolute atomic E-state index is 0.0285.